The maximum atomic E-state index is 13.0. The lowest BCUT2D eigenvalue weighted by Gasteiger charge is -2.55. The molecule has 0 aliphatic heterocycles. The lowest BCUT2D eigenvalue weighted by atomic mass is 9.49. The van der Waals surface area contributed by atoms with Crippen LogP contribution < -0.4 is 5.32 Å². The van der Waals surface area contributed by atoms with Crippen LogP contribution in [0.1, 0.15) is 44.2 Å². The number of pyridine rings is 1. The first kappa shape index (κ1) is 15.0. The van der Waals surface area contributed by atoms with E-state index in [0.717, 1.165) is 48.4 Å². The Kier molecular flexibility index (Phi) is 3.40. The third-order valence-corrected chi connectivity index (χ3v) is 6.40. The van der Waals surface area contributed by atoms with Gasteiger partial charge >= 0.3 is 0 Å². The minimum Gasteiger partial charge on any atom is -0.350 e. The molecule has 2 aromatic rings. The van der Waals surface area contributed by atoms with Gasteiger partial charge in [-0.25, -0.2) is 4.68 Å². The van der Waals surface area contributed by atoms with Crippen molar-refractivity contribution in [2.24, 2.45) is 23.2 Å². The first-order valence-electron chi connectivity index (χ1n) is 9.30. The highest BCUT2D eigenvalue weighted by atomic mass is 16.2. The molecule has 6 rings (SSSR count). The fourth-order valence-electron chi connectivity index (χ4n) is 5.74. The van der Waals surface area contributed by atoms with Gasteiger partial charge in [-0.1, -0.05) is 5.21 Å². The van der Waals surface area contributed by atoms with E-state index < -0.39 is 0 Å². The van der Waals surface area contributed by atoms with Gasteiger partial charge in [-0.2, -0.15) is 0 Å². The molecule has 0 spiro atoms. The van der Waals surface area contributed by atoms with Gasteiger partial charge in [-0.05, 0) is 68.4 Å². The summed E-state index contributed by atoms with van der Waals surface area (Å²) in [6.45, 7) is 0.445. The smallest absolute Gasteiger partial charge is 0.226 e. The van der Waals surface area contributed by atoms with E-state index in [9.17, 15) is 4.79 Å². The summed E-state index contributed by atoms with van der Waals surface area (Å²) in [4.78, 5) is 17.1. The zero-order valence-electron chi connectivity index (χ0n) is 14.3. The van der Waals surface area contributed by atoms with E-state index in [4.69, 9.17) is 0 Å². The first-order valence-corrected chi connectivity index (χ1v) is 9.30. The van der Waals surface area contributed by atoms with Crippen LogP contribution in [-0.2, 0) is 11.3 Å². The topological polar surface area (TPSA) is 72.7 Å². The normalized spacial score (nSPS) is 32.7. The van der Waals surface area contributed by atoms with Gasteiger partial charge in [0.05, 0.1) is 24.6 Å². The lowest BCUT2D eigenvalue weighted by Crippen LogP contribution is -2.53. The number of hydrogen-bond acceptors (Lipinski definition) is 4. The molecular formula is C19H23N5O. The molecule has 6 nitrogen and oxygen atoms in total. The van der Waals surface area contributed by atoms with Crippen LogP contribution in [0.2, 0.25) is 0 Å². The Morgan fingerprint density at radius 2 is 1.92 bits per heavy atom. The van der Waals surface area contributed by atoms with Crippen molar-refractivity contribution in [3.8, 4) is 5.69 Å². The zero-order chi connectivity index (χ0) is 16.9. The Labute approximate surface area is 147 Å². The first-order chi connectivity index (χ1) is 12.2. The van der Waals surface area contributed by atoms with Crippen LogP contribution in [0, 0.1) is 23.2 Å². The number of carbonyl (C=O) groups excluding carboxylic acids is 1. The summed E-state index contributed by atoms with van der Waals surface area (Å²) >= 11 is 0. The van der Waals surface area contributed by atoms with E-state index in [1.807, 2.05) is 18.3 Å². The van der Waals surface area contributed by atoms with Crippen molar-refractivity contribution < 1.29 is 4.79 Å². The monoisotopic (exact) mass is 337 g/mol. The summed E-state index contributed by atoms with van der Waals surface area (Å²) in [7, 11) is 0. The van der Waals surface area contributed by atoms with Gasteiger partial charge in [0, 0.05) is 11.6 Å². The van der Waals surface area contributed by atoms with Gasteiger partial charge in [-0.3, -0.25) is 9.78 Å². The van der Waals surface area contributed by atoms with Crippen molar-refractivity contribution in [2.45, 2.75) is 45.1 Å². The van der Waals surface area contributed by atoms with Gasteiger partial charge in [0.1, 0.15) is 5.69 Å². The molecule has 0 saturated heterocycles. The molecule has 4 aliphatic rings. The maximum absolute atomic E-state index is 13.0. The van der Waals surface area contributed by atoms with E-state index in [-0.39, 0.29) is 11.3 Å². The molecule has 6 heteroatoms. The van der Waals surface area contributed by atoms with Crippen molar-refractivity contribution in [3.05, 3.63) is 36.4 Å². The molecule has 4 aliphatic carbocycles. The Balaban J connectivity index is 1.26. The second-order valence-corrected chi connectivity index (χ2v) is 8.25. The highest BCUT2D eigenvalue weighted by Crippen LogP contribution is 2.60. The molecule has 1 N–H and O–H groups in total. The number of amides is 1. The van der Waals surface area contributed by atoms with Gasteiger partial charge in [-0.15, -0.1) is 5.10 Å². The highest BCUT2D eigenvalue weighted by molar-refractivity contribution is 5.83. The molecule has 130 valence electrons. The molecule has 1 amide bonds. The molecular weight excluding hydrogens is 314 g/mol. The third kappa shape index (κ3) is 2.64. The number of aromatic nitrogens is 4. The van der Waals surface area contributed by atoms with Crippen molar-refractivity contribution in [1.29, 1.82) is 0 Å². The molecule has 4 fully saturated rings. The van der Waals surface area contributed by atoms with E-state index in [2.05, 4.69) is 20.6 Å². The average Bonchev–Trinajstić information content (AvgIpc) is 3.08. The molecule has 25 heavy (non-hydrogen) atoms. The van der Waals surface area contributed by atoms with Crippen LogP contribution in [0.5, 0.6) is 0 Å². The SMILES string of the molecule is O=C(NCc1cn(-c2cccnc2)nn1)C12CC3CC(CC(C3)C1)C2. The van der Waals surface area contributed by atoms with Crippen molar-refractivity contribution in [1.82, 2.24) is 25.3 Å². The molecule has 0 unspecified atom stereocenters. The van der Waals surface area contributed by atoms with Gasteiger partial charge in [0.2, 0.25) is 5.91 Å². The van der Waals surface area contributed by atoms with E-state index in [1.54, 1.807) is 17.1 Å². The molecule has 2 aromatic heterocycles. The van der Waals surface area contributed by atoms with Gasteiger partial charge in [0.25, 0.3) is 0 Å². The van der Waals surface area contributed by atoms with Crippen LogP contribution in [-0.4, -0.2) is 25.9 Å². The molecule has 4 bridgehead atoms. The molecule has 0 atom stereocenters. The number of nitrogens with one attached hydrogen (secondary N) is 1. The fourth-order valence-corrected chi connectivity index (χ4v) is 5.74. The predicted molar refractivity (Wildman–Crippen MR) is 91.6 cm³/mol. The van der Waals surface area contributed by atoms with Crippen LogP contribution in [0.15, 0.2) is 30.7 Å². The second kappa shape index (κ2) is 5.64. The number of nitrogens with zero attached hydrogens (tertiary/aromatic N) is 4. The zero-order valence-corrected chi connectivity index (χ0v) is 14.3. The molecule has 0 aromatic carbocycles. The van der Waals surface area contributed by atoms with Crippen molar-refractivity contribution in [2.75, 3.05) is 0 Å². The van der Waals surface area contributed by atoms with E-state index in [1.165, 1.54) is 19.3 Å². The minimum absolute atomic E-state index is 0.103. The largest absolute Gasteiger partial charge is 0.350 e. The van der Waals surface area contributed by atoms with Crippen LogP contribution in [0.3, 0.4) is 0 Å². The third-order valence-electron chi connectivity index (χ3n) is 6.40. The summed E-state index contributed by atoms with van der Waals surface area (Å²) < 4.78 is 1.69. The number of carbonyl (C=O) groups is 1. The van der Waals surface area contributed by atoms with Crippen LogP contribution >= 0.6 is 0 Å². The maximum Gasteiger partial charge on any atom is 0.226 e. The Bertz CT molecular complexity index is 749. The standard InChI is InChI=1S/C19H23N5O/c25-18(19-7-13-4-14(8-19)6-15(5-13)9-19)21-10-16-12-24(23-22-16)17-2-1-3-20-11-17/h1-3,11-15H,4-10H2,(H,21,25). The number of rotatable bonds is 4. The molecule has 4 saturated carbocycles. The van der Waals surface area contributed by atoms with E-state index >= 15 is 0 Å². The van der Waals surface area contributed by atoms with Crippen LogP contribution in [0.4, 0.5) is 0 Å². The second-order valence-electron chi connectivity index (χ2n) is 8.25. The van der Waals surface area contributed by atoms with Crippen molar-refractivity contribution in [3.63, 3.8) is 0 Å². The molecule has 2 heterocycles. The Morgan fingerprint density at radius 3 is 2.56 bits per heavy atom. The Morgan fingerprint density at radius 1 is 1.20 bits per heavy atom. The van der Waals surface area contributed by atoms with Crippen molar-refractivity contribution >= 4 is 5.91 Å². The minimum atomic E-state index is -0.103. The summed E-state index contributed by atoms with van der Waals surface area (Å²) in [5.41, 5.74) is 1.55. The summed E-state index contributed by atoms with van der Waals surface area (Å²) in [6.07, 6.45) is 12.7. The predicted octanol–water partition coefficient (Wildman–Crippen LogP) is 2.49. The van der Waals surface area contributed by atoms with Gasteiger partial charge < -0.3 is 5.32 Å². The Hall–Kier alpha value is -2.24. The summed E-state index contributed by atoms with van der Waals surface area (Å²) in [5.74, 6) is 2.58. The average molecular weight is 337 g/mol. The lowest BCUT2D eigenvalue weighted by molar-refractivity contribution is -0.146. The summed E-state index contributed by atoms with van der Waals surface area (Å²) in [5, 5.41) is 11.5. The number of hydrogen-bond donors (Lipinski definition) is 1. The van der Waals surface area contributed by atoms with Crippen LogP contribution in [0.25, 0.3) is 5.69 Å². The summed E-state index contributed by atoms with van der Waals surface area (Å²) in [6, 6.07) is 3.80. The quantitative estimate of drug-likeness (QED) is 0.930. The highest BCUT2D eigenvalue weighted by Gasteiger charge is 2.54. The fraction of sp³-hybridized carbons (Fsp3) is 0.579. The van der Waals surface area contributed by atoms with Gasteiger partial charge in [0.15, 0.2) is 0 Å². The van der Waals surface area contributed by atoms with E-state index in [0.29, 0.717) is 6.54 Å². The molecule has 0 radical (unpaired) electrons.